The van der Waals surface area contributed by atoms with Crippen molar-refractivity contribution in [1.82, 2.24) is 19.2 Å². The summed E-state index contributed by atoms with van der Waals surface area (Å²) in [5.41, 5.74) is 5.38. The highest BCUT2D eigenvalue weighted by Crippen LogP contribution is 2.46. The number of rotatable bonds is 4. The monoisotopic (exact) mass is 456 g/mol. The van der Waals surface area contributed by atoms with Gasteiger partial charge in [0.15, 0.2) is 0 Å². The number of aryl methyl sites for hydroxylation is 2. The minimum atomic E-state index is -0.352. The van der Waals surface area contributed by atoms with Gasteiger partial charge in [0.1, 0.15) is 5.82 Å². The van der Waals surface area contributed by atoms with E-state index < -0.39 is 0 Å². The zero-order valence-corrected chi connectivity index (χ0v) is 19.9. The van der Waals surface area contributed by atoms with Crippen LogP contribution in [0.25, 0.3) is 11.5 Å². The average Bonchev–Trinajstić information content (AvgIpc) is 3.63. The fourth-order valence-corrected chi connectivity index (χ4v) is 6.50. The molecule has 3 aromatic heterocycles. The molecule has 0 bridgehead atoms. The molecule has 2 aliphatic rings. The lowest BCUT2D eigenvalue weighted by Gasteiger charge is -2.31. The van der Waals surface area contributed by atoms with E-state index in [9.17, 15) is 4.79 Å². The molecule has 168 valence electrons. The number of amides is 1. The number of thiophene rings is 1. The first-order valence-corrected chi connectivity index (χ1v) is 12.6. The molecule has 0 spiro atoms. The van der Waals surface area contributed by atoms with Crippen LogP contribution in [0.4, 0.5) is 0 Å². The quantitative estimate of drug-likeness (QED) is 0.396. The lowest BCUT2D eigenvalue weighted by Crippen LogP contribution is -2.42. The van der Waals surface area contributed by atoms with Crippen molar-refractivity contribution in [3.05, 3.63) is 87.5 Å². The SMILES string of the molecule is Cc1ccc(-n2nc3c(c2-n2cccc2)CN(C(=O)C2(c4cccs4)CCCC2)C3)cc1C. The Balaban J connectivity index is 1.39. The summed E-state index contributed by atoms with van der Waals surface area (Å²) in [7, 11) is 0. The zero-order valence-electron chi connectivity index (χ0n) is 19.1. The third-order valence-electron chi connectivity index (χ3n) is 7.46. The van der Waals surface area contributed by atoms with Crippen LogP contribution in [0.15, 0.2) is 60.2 Å². The Hall–Kier alpha value is -3.12. The number of nitrogens with zero attached hydrogens (tertiary/aromatic N) is 4. The zero-order chi connectivity index (χ0) is 22.6. The van der Waals surface area contributed by atoms with Crippen molar-refractivity contribution < 1.29 is 4.79 Å². The van der Waals surface area contributed by atoms with Crippen molar-refractivity contribution in [1.29, 1.82) is 0 Å². The fraction of sp³-hybridized carbons (Fsp3) is 0.333. The van der Waals surface area contributed by atoms with Crippen molar-refractivity contribution in [3.8, 4) is 11.5 Å². The second-order valence-electron chi connectivity index (χ2n) is 9.45. The van der Waals surface area contributed by atoms with Gasteiger partial charge < -0.3 is 9.47 Å². The molecule has 0 radical (unpaired) electrons. The molecule has 4 aromatic rings. The van der Waals surface area contributed by atoms with Gasteiger partial charge in [0.25, 0.3) is 0 Å². The minimum absolute atomic E-state index is 0.275. The highest BCUT2D eigenvalue weighted by atomic mass is 32.1. The topological polar surface area (TPSA) is 43.1 Å². The highest BCUT2D eigenvalue weighted by Gasteiger charge is 2.47. The molecule has 4 heterocycles. The molecule has 5 nitrogen and oxygen atoms in total. The van der Waals surface area contributed by atoms with Gasteiger partial charge in [-0.15, -0.1) is 11.3 Å². The Labute approximate surface area is 198 Å². The lowest BCUT2D eigenvalue weighted by atomic mass is 9.83. The number of benzene rings is 1. The first-order chi connectivity index (χ1) is 16.1. The third kappa shape index (κ3) is 3.19. The van der Waals surface area contributed by atoms with Crippen LogP contribution in [-0.4, -0.2) is 25.2 Å². The largest absolute Gasteiger partial charge is 0.331 e. The summed E-state index contributed by atoms with van der Waals surface area (Å²) in [5.74, 6) is 1.31. The number of fused-ring (bicyclic) bond motifs is 1. The standard InChI is InChI=1S/C27H28N4OS/c1-19-9-10-21(16-20(19)2)31-25(29-13-5-6-14-29)22-17-30(18-23(22)28-31)26(32)27(11-3-4-12-27)24-8-7-15-33-24/h5-10,13-16H,3-4,11-12,17-18H2,1-2H3. The van der Waals surface area contributed by atoms with E-state index in [1.807, 2.05) is 21.7 Å². The summed E-state index contributed by atoms with van der Waals surface area (Å²) >= 11 is 1.72. The van der Waals surface area contributed by atoms with Crippen LogP contribution in [0, 0.1) is 13.8 Å². The smallest absolute Gasteiger partial charge is 0.234 e. The van der Waals surface area contributed by atoms with Crippen LogP contribution in [0.5, 0.6) is 0 Å². The van der Waals surface area contributed by atoms with Crippen molar-refractivity contribution in [3.63, 3.8) is 0 Å². The first kappa shape index (κ1) is 20.5. The number of hydrogen-bond acceptors (Lipinski definition) is 3. The molecule has 1 amide bonds. The summed E-state index contributed by atoms with van der Waals surface area (Å²) < 4.78 is 4.17. The minimum Gasteiger partial charge on any atom is -0.331 e. The van der Waals surface area contributed by atoms with Gasteiger partial charge in [-0.05, 0) is 73.5 Å². The van der Waals surface area contributed by atoms with E-state index in [-0.39, 0.29) is 11.3 Å². The van der Waals surface area contributed by atoms with Gasteiger partial charge in [-0.25, -0.2) is 4.68 Å². The van der Waals surface area contributed by atoms with Crippen molar-refractivity contribution >= 4 is 17.2 Å². The predicted molar refractivity (Wildman–Crippen MR) is 131 cm³/mol. The normalized spacial score (nSPS) is 17.0. The molecule has 6 heteroatoms. The molecule has 1 aromatic carbocycles. The number of hydrogen-bond donors (Lipinski definition) is 0. The predicted octanol–water partition coefficient (Wildman–Crippen LogP) is 5.70. The second kappa shape index (κ2) is 7.73. The fourth-order valence-electron chi connectivity index (χ4n) is 5.52. The molecule has 33 heavy (non-hydrogen) atoms. The first-order valence-electron chi connectivity index (χ1n) is 11.7. The maximum atomic E-state index is 14.0. The van der Waals surface area contributed by atoms with E-state index in [2.05, 4.69) is 66.5 Å². The Kier molecular flexibility index (Phi) is 4.80. The Morgan fingerprint density at radius 1 is 1.00 bits per heavy atom. The number of aromatic nitrogens is 3. The van der Waals surface area contributed by atoms with E-state index in [1.54, 1.807) is 11.3 Å². The Morgan fingerprint density at radius 2 is 1.79 bits per heavy atom. The maximum absolute atomic E-state index is 14.0. The van der Waals surface area contributed by atoms with Crippen LogP contribution in [0.2, 0.25) is 0 Å². The molecule has 0 saturated heterocycles. The van der Waals surface area contributed by atoms with Gasteiger partial charge >= 0.3 is 0 Å². The summed E-state index contributed by atoms with van der Waals surface area (Å²) in [6.45, 7) is 5.45. The molecule has 0 atom stereocenters. The van der Waals surface area contributed by atoms with E-state index in [0.717, 1.165) is 48.4 Å². The highest BCUT2D eigenvalue weighted by molar-refractivity contribution is 7.10. The van der Waals surface area contributed by atoms with Crippen LogP contribution in [0.1, 0.15) is 52.9 Å². The van der Waals surface area contributed by atoms with E-state index in [1.165, 1.54) is 16.0 Å². The van der Waals surface area contributed by atoms with Crippen molar-refractivity contribution in [2.75, 3.05) is 0 Å². The van der Waals surface area contributed by atoms with Gasteiger partial charge in [0.2, 0.25) is 5.91 Å². The molecular weight excluding hydrogens is 428 g/mol. The molecule has 0 unspecified atom stereocenters. The molecule has 1 aliphatic carbocycles. The van der Waals surface area contributed by atoms with Crippen LogP contribution >= 0.6 is 11.3 Å². The summed E-state index contributed by atoms with van der Waals surface area (Å²) in [5, 5.41) is 7.13. The van der Waals surface area contributed by atoms with Gasteiger partial charge in [-0.2, -0.15) is 5.10 Å². The van der Waals surface area contributed by atoms with E-state index >= 15 is 0 Å². The van der Waals surface area contributed by atoms with Gasteiger partial charge in [0, 0.05) is 22.8 Å². The second-order valence-corrected chi connectivity index (χ2v) is 10.4. The molecule has 1 saturated carbocycles. The summed E-state index contributed by atoms with van der Waals surface area (Å²) in [4.78, 5) is 17.2. The number of carbonyl (C=O) groups excluding carboxylic acids is 1. The van der Waals surface area contributed by atoms with E-state index in [0.29, 0.717) is 13.1 Å². The van der Waals surface area contributed by atoms with Gasteiger partial charge in [0.05, 0.1) is 29.9 Å². The van der Waals surface area contributed by atoms with E-state index in [4.69, 9.17) is 5.10 Å². The molecular formula is C27H28N4OS. The summed E-state index contributed by atoms with van der Waals surface area (Å²) in [6, 6.07) is 14.8. The molecule has 6 rings (SSSR count). The number of carbonyl (C=O) groups is 1. The van der Waals surface area contributed by atoms with Crippen molar-refractivity contribution in [2.24, 2.45) is 0 Å². The molecule has 0 N–H and O–H groups in total. The van der Waals surface area contributed by atoms with Gasteiger partial charge in [-0.3, -0.25) is 4.79 Å². The third-order valence-corrected chi connectivity index (χ3v) is 8.53. The molecule has 1 aliphatic heterocycles. The van der Waals surface area contributed by atoms with Gasteiger partial charge in [-0.1, -0.05) is 25.0 Å². The molecule has 1 fully saturated rings. The maximum Gasteiger partial charge on any atom is 0.234 e. The Morgan fingerprint density at radius 3 is 2.48 bits per heavy atom. The lowest BCUT2D eigenvalue weighted by molar-refractivity contribution is -0.138. The van der Waals surface area contributed by atoms with Crippen LogP contribution in [-0.2, 0) is 23.3 Å². The average molecular weight is 457 g/mol. The van der Waals surface area contributed by atoms with Crippen molar-refractivity contribution in [2.45, 2.75) is 58.0 Å². The van der Waals surface area contributed by atoms with Crippen LogP contribution < -0.4 is 0 Å². The van der Waals surface area contributed by atoms with Crippen LogP contribution in [0.3, 0.4) is 0 Å². The summed E-state index contributed by atoms with van der Waals surface area (Å²) in [6.07, 6.45) is 8.26. The Bertz CT molecular complexity index is 1310.